The Morgan fingerprint density at radius 1 is 1.33 bits per heavy atom. The average Bonchev–Trinajstić information content (AvgIpc) is 3.19. The van der Waals surface area contributed by atoms with Crippen molar-refractivity contribution in [2.75, 3.05) is 19.6 Å². The van der Waals surface area contributed by atoms with Crippen molar-refractivity contribution in [3.8, 4) is 0 Å². The van der Waals surface area contributed by atoms with E-state index < -0.39 is 0 Å². The van der Waals surface area contributed by atoms with Crippen molar-refractivity contribution in [3.63, 3.8) is 0 Å². The van der Waals surface area contributed by atoms with Crippen molar-refractivity contribution in [3.05, 3.63) is 0 Å². The van der Waals surface area contributed by atoms with Crippen LogP contribution in [-0.2, 0) is 9.59 Å². The fourth-order valence-corrected chi connectivity index (χ4v) is 2.55. The first kappa shape index (κ1) is 13.3. The van der Waals surface area contributed by atoms with Gasteiger partial charge in [0.25, 0.3) is 0 Å². The van der Waals surface area contributed by atoms with E-state index in [2.05, 4.69) is 5.32 Å². The number of piperidine rings is 1. The fraction of sp³-hybridized carbons (Fsp3) is 0.846. The highest BCUT2D eigenvalue weighted by Gasteiger charge is 2.50. The van der Waals surface area contributed by atoms with Crippen LogP contribution < -0.4 is 11.1 Å². The first-order valence-corrected chi connectivity index (χ1v) is 6.90. The second kappa shape index (κ2) is 5.26. The molecule has 5 nitrogen and oxygen atoms in total. The minimum atomic E-state index is -0.237. The normalized spacial score (nSPS) is 22.7. The van der Waals surface area contributed by atoms with E-state index in [1.165, 1.54) is 0 Å². The molecule has 1 saturated carbocycles. The molecule has 1 aliphatic heterocycles. The van der Waals surface area contributed by atoms with Gasteiger partial charge in [-0.2, -0.15) is 0 Å². The lowest BCUT2D eigenvalue weighted by molar-refractivity contribution is -0.137. The Bertz CT molecular complexity index is 331. The van der Waals surface area contributed by atoms with Gasteiger partial charge in [-0.15, -0.1) is 0 Å². The van der Waals surface area contributed by atoms with Gasteiger partial charge in [-0.1, -0.05) is 6.92 Å². The molecule has 0 atom stereocenters. The number of carbonyl (C=O) groups is 2. The highest BCUT2D eigenvalue weighted by molar-refractivity contribution is 5.85. The first-order valence-electron chi connectivity index (χ1n) is 6.90. The Morgan fingerprint density at radius 2 is 1.94 bits per heavy atom. The molecule has 1 heterocycles. The Balaban J connectivity index is 1.80. The number of nitrogens with two attached hydrogens (primary N) is 1. The number of nitrogens with zero attached hydrogens (tertiary/aromatic N) is 1. The molecule has 2 fully saturated rings. The Hall–Kier alpha value is -1.10. The van der Waals surface area contributed by atoms with Crippen LogP contribution in [-0.4, -0.2) is 42.4 Å². The van der Waals surface area contributed by atoms with E-state index in [9.17, 15) is 9.59 Å². The summed E-state index contributed by atoms with van der Waals surface area (Å²) in [5, 5.41) is 2.99. The molecule has 18 heavy (non-hydrogen) atoms. The Morgan fingerprint density at radius 3 is 2.39 bits per heavy atom. The molecule has 2 aliphatic rings. The summed E-state index contributed by atoms with van der Waals surface area (Å²) in [7, 11) is 0. The number of nitrogens with one attached hydrogen (secondary N) is 1. The number of amides is 2. The van der Waals surface area contributed by atoms with Crippen LogP contribution in [0.25, 0.3) is 0 Å². The van der Waals surface area contributed by atoms with Crippen molar-refractivity contribution in [2.45, 2.75) is 45.1 Å². The third-order valence-electron chi connectivity index (χ3n) is 4.17. The fourth-order valence-electron chi connectivity index (χ4n) is 2.55. The number of likely N-dealkylation sites (tertiary alicyclic amines) is 1. The summed E-state index contributed by atoms with van der Waals surface area (Å²) in [5.74, 6) is 0.325. The predicted molar refractivity (Wildman–Crippen MR) is 68.8 cm³/mol. The van der Waals surface area contributed by atoms with Gasteiger partial charge in [0.2, 0.25) is 11.8 Å². The van der Waals surface area contributed by atoms with Crippen molar-refractivity contribution in [1.82, 2.24) is 10.2 Å². The molecule has 0 aromatic carbocycles. The molecular formula is C13H23N3O2. The van der Waals surface area contributed by atoms with Gasteiger partial charge in [0, 0.05) is 32.1 Å². The third-order valence-corrected chi connectivity index (χ3v) is 4.17. The highest BCUT2D eigenvalue weighted by atomic mass is 16.2. The molecule has 102 valence electrons. The number of rotatable bonds is 4. The second-order valence-corrected chi connectivity index (χ2v) is 5.47. The van der Waals surface area contributed by atoms with Crippen molar-refractivity contribution in [2.24, 2.45) is 11.1 Å². The third kappa shape index (κ3) is 2.66. The summed E-state index contributed by atoms with van der Waals surface area (Å²) < 4.78 is 0. The minimum absolute atomic E-state index is 0.0976. The Kier molecular flexibility index (Phi) is 3.90. The molecule has 0 spiro atoms. The lowest BCUT2D eigenvalue weighted by Crippen LogP contribution is -2.49. The maximum atomic E-state index is 12.3. The molecule has 0 aromatic rings. The van der Waals surface area contributed by atoms with Gasteiger partial charge in [-0.25, -0.2) is 0 Å². The molecule has 2 amide bonds. The van der Waals surface area contributed by atoms with Crippen molar-refractivity contribution >= 4 is 11.8 Å². The topological polar surface area (TPSA) is 75.4 Å². The average molecular weight is 253 g/mol. The summed E-state index contributed by atoms with van der Waals surface area (Å²) in [5.41, 5.74) is 5.45. The highest BCUT2D eigenvalue weighted by Crippen LogP contribution is 2.46. The first-order chi connectivity index (χ1) is 8.61. The molecule has 1 saturated heterocycles. The largest absolute Gasteiger partial charge is 0.353 e. The smallest absolute Gasteiger partial charge is 0.230 e. The van der Waals surface area contributed by atoms with Crippen molar-refractivity contribution < 1.29 is 9.59 Å². The molecule has 0 bridgehead atoms. The van der Waals surface area contributed by atoms with E-state index in [0.717, 1.165) is 38.8 Å². The lowest BCUT2D eigenvalue weighted by Gasteiger charge is -2.34. The molecule has 3 N–H and O–H groups in total. The molecule has 1 aliphatic carbocycles. The molecule has 0 aromatic heterocycles. The second-order valence-electron chi connectivity index (χ2n) is 5.47. The summed E-state index contributed by atoms with van der Waals surface area (Å²) in [6, 6.07) is 0.231. The quantitative estimate of drug-likeness (QED) is 0.753. The van der Waals surface area contributed by atoms with E-state index in [0.29, 0.717) is 13.0 Å². The Labute approximate surface area is 108 Å². The monoisotopic (exact) mass is 253 g/mol. The summed E-state index contributed by atoms with van der Waals surface area (Å²) in [6.07, 6.45) is 4.12. The summed E-state index contributed by atoms with van der Waals surface area (Å²) in [6.45, 7) is 3.81. The van der Waals surface area contributed by atoms with Crippen molar-refractivity contribution in [1.29, 1.82) is 0 Å². The molecule has 2 rings (SSSR count). The molecule has 0 radical (unpaired) electrons. The molecular weight excluding hydrogens is 230 g/mol. The van der Waals surface area contributed by atoms with Gasteiger partial charge >= 0.3 is 0 Å². The number of hydrogen-bond acceptors (Lipinski definition) is 3. The van der Waals surface area contributed by atoms with Crippen LogP contribution in [0.15, 0.2) is 0 Å². The van der Waals surface area contributed by atoms with Crippen LogP contribution in [0.3, 0.4) is 0 Å². The maximum absolute atomic E-state index is 12.3. The SMILES string of the molecule is CCC(=O)NC1CCN(C(=O)C2(CN)CC2)CC1. The zero-order valence-corrected chi connectivity index (χ0v) is 11.1. The van der Waals surface area contributed by atoms with Crippen LogP contribution in [0.5, 0.6) is 0 Å². The molecule has 5 heteroatoms. The summed E-state index contributed by atoms with van der Waals surface area (Å²) >= 11 is 0. The minimum Gasteiger partial charge on any atom is -0.353 e. The zero-order chi connectivity index (χ0) is 13.2. The maximum Gasteiger partial charge on any atom is 0.230 e. The predicted octanol–water partition coefficient (Wildman–Crippen LogP) is 0.243. The van der Waals surface area contributed by atoms with Gasteiger partial charge in [0.15, 0.2) is 0 Å². The van der Waals surface area contributed by atoms with E-state index >= 15 is 0 Å². The van der Waals surface area contributed by atoms with Gasteiger partial charge in [0.1, 0.15) is 0 Å². The van der Waals surface area contributed by atoms with Gasteiger partial charge in [0.05, 0.1) is 5.41 Å². The number of hydrogen-bond donors (Lipinski definition) is 2. The van der Waals surface area contributed by atoms with Gasteiger partial charge < -0.3 is 16.0 Å². The van der Waals surface area contributed by atoms with Crippen LogP contribution in [0.1, 0.15) is 39.0 Å². The lowest BCUT2D eigenvalue weighted by atomic mass is 10.0. The van der Waals surface area contributed by atoms with Crippen LogP contribution in [0.4, 0.5) is 0 Å². The standard InChI is InChI=1S/C13H23N3O2/c1-2-11(17)15-10-3-7-16(8-4-10)12(18)13(9-14)5-6-13/h10H,2-9,14H2,1H3,(H,15,17). The summed E-state index contributed by atoms with van der Waals surface area (Å²) in [4.78, 5) is 25.5. The molecule has 0 unspecified atom stereocenters. The van der Waals surface area contributed by atoms with E-state index in [-0.39, 0.29) is 23.3 Å². The zero-order valence-electron chi connectivity index (χ0n) is 11.1. The van der Waals surface area contributed by atoms with E-state index in [1.54, 1.807) is 0 Å². The van der Waals surface area contributed by atoms with Gasteiger partial charge in [-0.3, -0.25) is 9.59 Å². The number of carbonyl (C=O) groups excluding carboxylic acids is 2. The van der Waals surface area contributed by atoms with E-state index in [1.807, 2.05) is 11.8 Å². The van der Waals surface area contributed by atoms with Crippen LogP contribution in [0.2, 0.25) is 0 Å². The van der Waals surface area contributed by atoms with Crippen LogP contribution >= 0.6 is 0 Å². The van der Waals surface area contributed by atoms with Crippen LogP contribution in [0, 0.1) is 5.41 Å². The van der Waals surface area contributed by atoms with E-state index in [4.69, 9.17) is 5.73 Å². The van der Waals surface area contributed by atoms with Gasteiger partial charge in [-0.05, 0) is 25.7 Å².